The topological polar surface area (TPSA) is 95.5 Å². The van der Waals surface area contributed by atoms with Crippen molar-refractivity contribution < 1.29 is 26.7 Å². The molecule has 2 aromatic carbocycles. The van der Waals surface area contributed by atoms with Crippen LogP contribution in [-0.2, 0) is 16.7 Å². The van der Waals surface area contributed by atoms with Gasteiger partial charge in [-0.25, -0.2) is 8.42 Å². The first kappa shape index (κ1) is 19.9. The summed E-state index contributed by atoms with van der Waals surface area (Å²) in [4.78, 5) is 0. The Hall–Kier alpha value is -2.84. The highest BCUT2D eigenvalue weighted by molar-refractivity contribution is 7.85. The maximum absolute atomic E-state index is 10.9. The number of benzene rings is 2. The molecule has 28 heavy (non-hydrogen) atoms. The van der Waals surface area contributed by atoms with E-state index in [9.17, 15) is 13.0 Å². The summed E-state index contributed by atoms with van der Waals surface area (Å²) in [5.41, 5.74) is 3.51. The van der Waals surface area contributed by atoms with Gasteiger partial charge in [0.25, 0.3) is 5.52 Å². The summed E-state index contributed by atoms with van der Waals surface area (Å²) in [7, 11) is -2.69. The first-order valence-electron chi connectivity index (χ1n) is 8.79. The van der Waals surface area contributed by atoms with Gasteiger partial charge in [0.15, 0.2) is 6.54 Å². The summed E-state index contributed by atoms with van der Waals surface area (Å²) in [6.07, 6.45) is 3.70. The predicted molar refractivity (Wildman–Crippen MR) is 106 cm³/mol. The van der Waals surface area contributed by atoms with Crippen LogP contribution >= 0.6 is 0 Å². The molecule has 8 heteroatoms. The van der Waals surface area contributed by atoms with Gasteiger partial charge in [0.2, 0.25) is 5.58 Å². The summed E-state index contributed by atoms with van der Waals surface area (Å²) in [6.45, 7) is 2.35. The summed E-state index contributed by atoms with van der Waals surface area (Å²) < 4.78 is 45.8. The van der Waals surface area contributed by atoms with E-state index < -0.39 is 15.9 Å². The zero-order chi connectivity index (χ0) is 20.1. The molecule has 0 atom stereocenters. The highest BCUT2D eigenvalue weighted by Gasteiger charge is 2.21. The average molecular weight is 402 g/mol. The molecule has 1 aromatic heterocycles. The first-order valence-corrected chi connectivity index (χ1v) is 10.4. The molecule has 3 rings (SSSR count). The van der Waals surface area contributed by atoms with Crippen molar-refractivity contribution in [3.05, 3.63) is 60.1 Å². The molecule has 3 aromatic rings. The lowest BCUT2D eigenvalue weighted by Gasteiger charge is -2.04. The third kappa shape index (κ3) is 5.11. The highest BCUT2D eigenvalue weighted by Crippen LogP contribution is 2.21. The number of aryl methyl sites for hydroxylation is 2. The van der Waals surface area contributed by atoms with Crippen LogP contribution in [0.25, 0.3) is 17.2 Å². The van der Waals surface area contributed by atoms with Crippen molar-refractivity contribution in [1.29, 1.82) is 0 Å². The van der Waals surface area contributed by atoms with Gasteiger partial charge in [-0.2, -0.15) is 4.57 Å². The van der Waals surface area contributed by atoms with Gasteiger partial charge in [0, 0.05) is 24.1 Å². The van der Waals surface area contributed by atoms with Crippen LogP contribution in [0, 0.1) is 6.92 Å². The second-order valence-electron chi connectivity index (χ2n) is 6.38. The Morgan fingerprint density at radius 1 is 1.21 bits per heavy atom. The molecule has 0 amide bonds. The highest BCUT2D eigenvalue weighted by atomic mass is 32.2. The van der Waals surface area contributed by atoms with E-state index in [2.05, 4.69) is 5.32 Å². The van der Waals surface area contributed by atoms with Crippen molar-refractivity contribution in [2.24, 2.45) is 0 Å². The van der Waals surface area contributed by atoms with Crippen LogP contribution in [0.3, 0.4) is 0 Å². The molecule has 1 N–H and O–H groups in total. The summed E-state index contributed by atoms with van der Waals surface area (Å²) in [5.74, 6) is 0.763. The first-order chi connectivity index (χ1) is 13.4. The third-order valence-electron chi connectivity index (χ3n) is 4.24. The van der Waals surface area contributed by atoms with Gasteiger partial charge in [0.1, 0.15) is 5.75 Å². The molecule has 0 spiro atoms. The third-order valence-corrected chi connectivity index (χ3v) is 5.03. The molecule has 0 bridgehead atoms. The predicted octanol–water partition coefficient (Wildman–Crippen LogP) is 3.06. The van der Waals surface area contributed by atoms with Crippen molar-refractivity contribution in [2.45, 2.75) is 19.9 Å². The molecular formula is C20H22N2O5S. The van der Waals surface area contributed by atoms with Gasteiger partial charge >= 0.3 is 5.89 Å². The molecule has 7 nitrogen and oxygen atoms in total. The van der Waals surface area contributed by atoms with Crippen LogP contribution < -0.4 is 14.6 Å². The lowest BCUT2D eigenvalue weighted by atomic mass is 10.2. The van der Waals surface area contributed by atoms with Crippen molar-refractivity contribution >= 4 is 33.0 Å². The zero-order valence-corrected chi connectivity index (χ0v) is 16.5. The number of anilines is 1. The fraction of sp³-hybridized carbons (Fsp3) is 0.250. The molecule has 0 aliphatic rings. The van der Waals surface area contributed by atoms with Crippen molar-refractivity contribution in [1.82, 2.24) is 0 Å². The van der Waals surface area contributed by atoms with Crippen LogP contribution in [0.4, 0.5) is 5.69 Å². The molecular weight excluding hydrogens is 380 g/mol. The number of nitrogens with zero attached hydrogens (tertiary/aromatic N) is 1. The lowest BCUT2D eigenvalue weighted by molar-refractivity contribution is -0.677. The Bertz CT molecular complexity index is 1090. The van der Waals surface area contributed by atoms with Crippen LogP contribution in [-0.4, -0.2) is 25.8 Å². The Morgan fingerprint density at radius 3 is 2.64 bits per heavy atom. The number of aromatic nitrogens is 1. The second-order valence-corrected chi connectivity index (χ2v) is 7.91. The molecule has 0 aliphatic carbocycles. The summed E-state index contributed by atoms with van der Waals surface area (Å²) in [6, 6.07) is 13.3. The number of nitrogens with one attached hydrogen (secondary N) is 1. The maximum Gasteiger partial charge on any atom is 0.375 e. The van der Waals surface area contributed by atoms with E-state index in [1.54, 1.807) is 31.5 Å². The monoisotopic (exact) mass is 402 g/mol. The Kier molecular flexibility index (Phi) is 6.01. The van der Waals surface area contributed by atoms with Gasteiger partial charge in [-0.05, 0) is 31.2 Å². The van der Waals surface area contributed by atoms with Gasteiger partial charge in [-0.1, -0.05) is 17.7 Å². The van der Waals surface area contributed by atoms with E-state index in [1.165, 1.54) is 5.56 Å². The molecule has 0 fully saturated rings. The number of ether oxygens (including phenoxy) is 1. The Labute approximate surface area is 164 Å². The van der Waals surface area contributed by atoms with E-state index in [-0.39, 0.29) is 6.42 Å². The fourth-order valence-corrected chi connectivity index (χ4v) is 3.30. The van der Waals surface area contributed by atoms with E-state index in [1.807, 2.05) is 41.8 Å². The molecule has 0 aliphatic heterocycles. The van der Waals surface area contributed by atoms with E-state index >= 15 is 0 Å². The Balaban J connectivity index is 1.87. The van der Waals surface area contributed by atoms with Gasteiger partial charge in [-0.15, -0.1) is 0 Å². The number of oxazole rings is 1. The zero-order valence-electron chi connectivity index (χ0n) is 15.7. The smallest absolute Gasteiger partial charge is 0.375 e. The Morgan fingerprint density at radius 2 is 1.96 bits per heavy atom. The largest absolute Gasteiger partial charge is 0.748 e. The maximum atomic E-state index is 10.9. The van der Waals surface area contributed by atoms with E-state index in [0.717, 1.165) is 11.2 Å². The van der Waals surface area contributed by atoms with Crippen molar-refractivity contribution in [3.63, 3.8) is 0 Å². The van der Waals surface area contributed by atoms with Crippen LogP contribution in [0.1, 0.15) is 17.9 Å². The van der Waals surface area contributed by atoms with E-state index in [0.29, 0.717) is 23.8 Å². The minimum absolute atomic E-state index is 0.189. The number of hydrogen-bond donors (Lipinski definition) is 1. The average Bonchev–Trinajstić information content (AvgIpc) is 2.99. The van der Waals surface area contributed by atoms with E-state index in [4.69, 9.17) is 9.15 Å². The molecule has 1 heterocycles. The number of hydrogen-bond acceptors (Lipinski definition) is 6. The second kappa shape index (κ2) is 8.45. The van der Waals surface area contributed by atoms with Gasteiger partial charge < -0.3 is 19.0 Å². The van der Waals surface area contributed by atoms with Gasteiger partial charge in [0.05, 0.1) is 29.4 Å². The van der Waals surface area contributed by atoms with Crippen LogP contribution in [0.2, 0.25) is 0 Å². The molecule has 0 unspecified atom stereocenters. The van der Waals surface area contributed by atoms with Crippen molar-refractivity contribution in [3.8, 4) is 5.75 Å². The number of fused-ring (bicyclic) bond motifs is 1. The van der Waals surface area contributed by atoms with Gasteiger partial charge in [-0.3, -0.25) is 0 Å². The van der Waals surface area contributed by atoms with Crippen molar-refractivity contribution in [2.75, 3.05) is 18.2 Å². The number of methoxy groups -OCH3 is 1. The lowest BCUT2D eigenvalue weighted by Crippen LogP contribution is -2.36. The minimum Gasteiger partial charge on any atom is -0.748 e. The molecule has 148 valence electrons. The number of rotatable bonds is 8. The SMILES string of the molecule is COc1ccc2oc(/C=C/Nc3ccc(C)cc3)[n+](CCCS(=O)(=O)[O-])c2c1. The summed E-state index contributed by atoms with van der Waals surface area (Å²) in [5, 5.41) is 3.17. The summed E-state index contributed by atoms with van der Waals surface area (Å²) >= 11 is 0. The standard InChI is InChI=1S/C20H22N2O5S/c1-15-4-6-16(7-5-15)21-11-10-20-22(12-3-13-28(23,24)25)18-14-17(26-2)8-9-19(18)27-20/h4-11,14H,3,12-13H2,1-2H3,(H,23,24,25). The quantitative estimate of drug-likeness (QED) is 0.460. The van der Waals surface area contributed by atoms with Crippen LogP contribution in [0.5, 0.6) is 5.75 Å². The molecule has 0 saturated carbocycles. The molecule has 0 saturated heterocycles. The molecule has 0 radical (unpaired) electrons. The minimum atomic E-state index is -4.26. The normalized spacial score (nSPS) is 12.0. The van der Waals surface area contributed by atoms with Crippen LogP contribution in [0.15, 0.2) is 53.1 Å². The fourth-order valence-electron chi connectivity index (χ4n) is 2.82.